The maximum absolute atomic E-state index is 12.3. The van der Waals surface area contributed by atoms with E-state index in [4.69, 9.17) is 9.47 Å². The van der Waals surface area contributed by atoms with Crippen molar-refractivity contribution < 1.29 is 22.7 Å². The van der Waals surface area contributed by atoms with E-state index in [1.54, 1.807) is 17.3 Å². The second-order valence-corrected chi connectivity index (χ2v) is 10.7. The van der Waals surface area contributed by atoms with Crippen LogP contribution >= 0.6 is 0 Å². The number of amides is 1. The van der Waals surface area contributed by atoms with E-state index in [0.717, 1.165) is 37.8 Å². The largest absolute Gasteiger partial charge is 0.453 e. The highest BCUT2D eigenvalue weighted by atomic mass is 32.2. The Morgan fingerprint density at radius 1 is 1.33 bits per heavy atom. The van der Waals surface area contributed by atoms with Crippen molar-refractivity contribution in [2.24, 2.45) is 5.92 Å². The van der Waals surface area contributed by atoms with E-state index in [-0.39, 0.29) is 24.2 Å². The van der Waals surface area contributed by atoms with Crippen LogP contribution < -0.4 is 4.72 Å². The van der Waals surface area contributed by atoms with Crippen LogP contribution in [-0.4, -0.2) is 73.6 Å². The molecule has 0 aromatic carbocycles. The number of methoxy groups -OCH3 is 1. The second-order valence-electron chi connectivity index (χ2n) is 8.96. The molecule has 0 radical (unpaired) electrons. The van der Waals surface area contributed by atoms with Gasteiger partial charge in [-0.3, -0.25) is 4.90 Å². The van der Waals surface area contributed by atoms with Crippen LogP contribution in [0.5, 0.6) is 0 Å². The van der Waals surface area contributed by atoms with E-state index in [1.807, 2.05) is 13.0 Å². The highest BCUT2D eigenvalue weighted by molar-refractivity contribution is 7.88. The van der Waals surface area contributed by atoms with E-state index >= 15 is 0 Å². The van der Waals surface area contributed by atoms with Gasteiger partial charge in [-0.15, -0.1) is 0 Å². The summed E-state index contributed by atoms with van der Waals surface area (Å²) in [7, 11) is -2.06. The first-order chi connectivity index (χ1) is 14.2. The summed E-state index contributed by atoms with van der Waals surface area (Å²) in [6, 6.07) is 0.910. The first-order valence-corrected chi connectivity index (χ1v) is 12.3. The summed E-state index contributed by atoms with van der Waals surface area (Å²) >= 11 is 0. The SMILES string of the molecule is COC(=O)N1[C@H](C)C[C@H](NS(C)(=O)=O)[C@@H]1CO[C@H]1CCC2(c3ncccn3)CC1C2. The van der Waals surface area contributed by atoms with Gasteiger partial charge in [0.1, 0.15) is 5.82 Å². The van der Waals surface area contributed by atoms with Crippen LogP contribution in [0, 0.1) is 5.92 Å². The lowest BCUT2D eigenvalue weighted by molar-refractivity contribution is -0.102. The predicted octanol–water partition coefficient (Wildman–Crippen LogP) is 1.45. The molecule has 1 N–H and O–H groups in total. The summed E-state index contributed by atoms with van der Waals surface area (Å²) in [5, 5.41) is 0. The topological polar surface area (TPSA) is 111 Å². The molecule has 1 aromatic heterocycles. The number of hydrogen-bond donors (Lipinski definition) is 1. The molecule has 0 unspecified atom stereocenters. The Bertz CT molecular complexity index is 869. The third-order valence-corrected chi connectivity index (χ3v) is 7.63. The smallest absolute Gasteiger partial charge is 0.410 e. The van der Waals surface area contributed by atoms with Crippen molar-refractivity contribution in [3.63, 3.8) is 0 Å². The number of ether oxygens (including phenoxy) is 2. The monoisotopic (exact) mass is 438 g/mol. The molecule has 3 saturated carbocycles. The minimum absolute atomic E-state index is 0.0755. The van der Waals surface area contributed by atoms with E-state index in [2.05, 4.69) is 14.7 Å². The van der Waals surface area contributed by atoms with E-state index in [0.29, 0.717) is 12.3 Å². The Kier molecular flexibility index (Phi) is 5.75. The van der Waals surface area contributed by atoms with Crippen molar-refractivity contribution in [1.82, 2.24) is 19.6 Å². The molecule has 1 saturated heterocycles. The Labute approximate surface area is 177 Å². The van der Waals surface area contributed by atoms with Gasteiger partial charge in [-0.05, 0) is 51.0 Å². The number of carbonyl (C=O) groups is 1. The fourth-order valence-electron chi connectivity index (χ4n) is 5.55. The van der Waals surface area contributed by atoms with Crippen molar-refractivity contribution in [2.75, 3.05) is 20.0 Å². The predicted molar refractivity (Wildman–Crippen MR) is 109 cm³/mol. The van der Waals surface area contributed by atoms with Gasteiger partial charge >= 0.3 is 6.09 Å². The Morgan fingerprint density at radius 3 is 2.60 bits per heavy atom. The molecule has 1 amide bonds. The molecule has 4 aliphatic rings. The van der Waals surface area contributed by atoms with Crippen molar-refractivity contribution in [2.45, 2.75) is 68.7 Å². The fourth-order valence-corrected chi connectivity index (χ4v) is 6.36. The number of nitrogens with one attached hydrogen (secondary N) is 1. The lowest BCUT2D eigenvalue weighted by Crippen LogP contribution is -2.55. The first-order valence-electron chi connectivity index (χ1n) is 10.4. The molecule has 3 aliphatic carbocycles. The Morgan fingerprint density at radius 2 is 2.03 bits per heavy atom. The zero-order valence-electron chi connectivity index (χ0n) is 17.7. The van der Waals surface area contributed by atoms with Gasteiger partial charge in [0, 0.05) is 29.9 Å². The molecule has 5 rings (SSSR count). The summed E-state index contributed by atoms with van der Waals surface area (Å²) in [4.78, 5) is 22.9. The number of sulfonamides is 1. The summed E-state index contributed by atoms with van der Waals surface area (Å²) in [5.41, 5.74) is 0.0755. The van der Waals surface area contributed by atoms with E-state index < -0.39 is 28.2 Å². The van der Waals surface area contributed by atoms with Crippen molar-refractivity contribution >= 4 is 16.1 Å². The number of fused-ring (bicyclic) bond motifs is 2. The number of carbonyl (C=O) groups excluding carboxylic acids is 1. The van der Waals surface area contributed by atoms with Crippen LogP contribution in [0.15, 0.2) is 18.5 Å². The molecular formula is C20H30N4O5S. The molecule has 4 fully saturated rings. The van der Waals surface area contributed by atoms with Gasteiger partial charge in [0.25, 0.3) is 0 Å². The zero-order valence-corrected chi connectivity index (χ0v) is 18.5. The van der Waals surface area contributed by atoms with E-state index in [9.17, 15) is 13.2 Å². The molecule has 1 aromatic rings. The zero-order chi connectivity index (χ0) is 21.5. The van der Waals surface area contributed by atoms with Gasteiger partial charge in [0.2, 0.25) is 10.0 Å². The lowest BCUT2D eigenvalue weighted by atomic mass is 9.52. The Hall–Kier alpha value is -1.78. The van der Waals surface area contributed by atoms with Gasteiger partial charge < -0.3 is 9.47 Å². The molecule has 1 aliphatic heterocycles. The van der Waals surface area contributed by atoms with Crippen LogP contribution in [0.2, 0.25) is 0 Å². The van der Waals surface area contributed by atoms with Gasteiger partial charge in [-0.25, -0.2) is 27.9 Å². The van der Waals surface area contributed by atoms with Crippen LogP contribution in [-0.2, 0) is 24.9 Å². The second kappa shape index (κ2) is 8.05. The van der Waals surface area contributed by atoms with Gasteiger partial charge in [0.15, 0.2) is 0 Å². The minimum Gasteiger partial charge on any atom is -0.453 e. The molecule has 9 nitrogen and oxygen atoms in total. The molecule has 4 atom stereocenters. The fraction of sp³-hybridized carbons (Fsp3) is 0.750. The number of aromatic nitrogens is 2. The minimum atomic E-state index is -3.40. The summed E-state index contributed by atoms with van der Waals surface area (Å²) < 4.78 is 37.5. The maximum Gasteiger partial charge on any atom is 0.410 e. The third-order valence-electron chi connectivity index (χ3n) is 6.90. The number of hydrogen-bond acceptors (Lipinski definition) is 7. The van der Waals surface area contributed by atoms with Gasteiger partial charge in [0.05, 0.1) is 32.1 Å². The summed E-state index contributed by atoms with van der Waals surface area (Å²) in [6.07, 6.45) is 8.80. The molecule has 0 spiro atoms. The average molecular weight is 439 g/mol. The normalized spacial score (nSPS) is 35.7. The molecule has 10 heteroatoms. The van der Waals surface area contributed by atoms with Crippen LogP contribution in [0.3, 0.4) is 0 Å². The number of likely N-dealkylation sites (tertiary alicyclic amines) is 1. The highest BCUT2D eigenvalue weighted by Crippen LogP contribution is 2.56. The van der Waals surface area contributed by atoms with E-state index in [1.165, 1.54) is 7.11 Å². The van der Waals surface area contributed by atoms with Crippen LogP contribution in [0.25, 0.3) is 0 Å². The molecule has 166 valence electrons. The quantitative estimate of drug-likeness (QED) is 0.716. The molecule has 30 heavy (non-hydrogen) atoms. The van der Waals surface area contributed by atoms with Crippen LogP contribution in [0.1, 0.15) is 44.9 Å². The first kappa shape index (κ1) is 21.5. The molecule has 2 heterocycles. The number of rotatable bonds is 6. The van der Waals surface area contributed by atoms with Crippen molar-refractivity contribution in [3.8, 4) is 0 Å². The van der Waals surface area contributed by atoms with Crippen molar-refractivity contribution in [1.29, 1.82) is 0 Å². The summed E-state index contributed by atoms with van der Waals surface area (Å²) in [6.45, 7) is 2.18. The average Bonchev–Trinajstić information content (AvgIpc) is 2.99. The number of nitrogens with zero attached hydrogens (tertiary/aromatic N) is 3. The van der Waals surface area contributed by atoms with Crippen molar-refractivity contribution in [3.05, 3.63) is 24.3 Å². The highest BCUT2D eigenvalue weighted by Gasteiger charge is 2.55. The van der Waals surface area contributed by atoms with Crippen LogP contribution in [0.4, 0.5) is 4.79 Å². The lowest BCUT2D eigenvalue weighted by Gasteiger charge is -2.54. The van der Waals surface area contributed by atoms with Gasteiger partial charge in [-0.1, -0.05) is 0 Å². The summed E-state index contributed by atoms with van der Waals surface area (Å²) in [5.74, 6) is 1.37. The standard InChI is InChI=1S/C20H30N4O5S/c1-13-9-15(23-30(3,26)27)16(24(13)19(25)28-2)12-29-17-5-6-20(10-14(17)11-20)18-21-7-4-8-22-18/h4,7-8,13-17,23H,5-6,9-12H2,1-3H3/t13-,14?,15+,16+,17+,20?/m1/s1. The molecule has 2 bridgehead atoms. The third kappa shape index (κ3) is 4.04. The van der Waals surface area contributed by atoms with Gasteiger partial charge in [-0.2, -0.15) is 0 Å². The Balaban J connectivity index is 1.41. The molecular weight excluding hydrogens is 408 g/mol. The maximum atomic E-state index is 12.3.